The Morgan fingerprint density at radius 1 is 1.05 bits per heavy atom. The lowest BCUT2D eigenvalue weighted by Crippen LogP contribution is -2.22. The van der Waals surface area contributed by atoms with Gasteiger partial charge in [0, 0.05) is 24.8 Å². The zero-order chi connectivity index (χ0) is 15.7. The molecule has 0 spiro atoms. The topological polar surface area (TPSA) is 30.5 Å². The van der Waals surface area contributed by atoms with Crippen molar-refractivity contribution in [3.8, 4) is 5.75 Å². The number of nitrogens with one attached hydrogen (secondary N) is 1. The Labute approximate surface area is 130 Å². The fourth-order valence-electron chi connectivity index (χ4n) is 1.80. The number of ether oxygens (including phenoxy) is 2. The molecule has 0 bridgehead atoms. The third-order valence-electron chi connectivity index (χ3n) is 3.16. The minimum absolute atomic E-state index is 0.329. The molecule has 0 aliphatic rings. The number of rotatable bonds is 9. The first-order valence-electron chi connectivity index (χ1n) is 7.90. The Morgan fingerprint density at radius 2 is 1.76 bits per heavy atom. The third-order valence-corrected chi connectivity index (χ3v) is 3.16. The van der Waals surface area contributed by atoms with Gasteiger partial charge in [0.05, 0.1) is 6.61 Å². The van der Waals surface area contributed by atoms with Gasteiger partial charge in [0.25, 0.3) is 0 Å². The molecule has 0 radical (unpaired) electrons. The van der Waals surface area contributed by atoms with Crippen molar-refractivity contribution in [3.05, 3.63) is 29.8 Å². The zero-order valence-electron chi connectivity index (χ0n) is 14.2. The van der Waals surface area contributed by atoms with Crippen molar-refractivity contribution in [2.75, 3.05) is 19.8 Å². The first kappa shape index (κ1) is 18.0. The minimum Gasteiger partial charge on any atom is -0.491 e. The fourth-order valence-corrected chi connectivity index (χ4v) is 1.80. The summed E-state index contributed by atoms with van der Waals surface area (Å²) in [5.74, 6) is 0.949. The predicted molar refractivity (Wildman–Crippen MR) is 88.8 cm³/mol. The van der Waals surface area contributed by atoms with E-state index in [0.29, 0.717) is 24.7 Å². The van der Waals surface area contributed by atoms with E-state index in [1.807, 2.05) is 18.2 Å². The van der Waals surface area contributed by atoms with Crippen molar-refractivity contribution in [2.45, 2.75) is 53.6 Å². The van der Waals surface area contributed by atoms with E-state index in [2.05, 4.69) is 46.0 Å². The van der Waals surface area contributed by atoms with Crippen molar-refractivity contribution in [1.29, 1.82) is 0 Å². The molecule has 0 fully saturated rings. The fraction of sp³-hybridized carbons (Fsp3) is 0.667. The van der Waals surface area contributed by atoms with Crippen LogP contribution in [0.5, 0.6) is 5.75 Å². The Bertz CT molecular complexity index is 396. The van der Waals surface area contributed by atoms with Gasteiger partial charge in [-0.15, -0.1) is 0 Å². The molecule has 1 N–H and O–H groups in total. The smallest absolute Gasteiger partial charge is 0.123 e. The number of para-hydroxylation sites is 1. The zero-order valence-corrected chi connectivity index (χ0v) is 14.2. The van der Waals surface area contributed by atoms with E-state index >= 15 is 0 Å². The van der Waals surface area contributed by atoms with Gasteiger partial charge in [-0.05, 0) is 17.9 Å². The average molecular weight is 293 g/mol. The van der Waals surface area contributed by atoms with E-state index in [1.54, 1.807) is 0 Å². The monoisotopic (exact) mass is 293 g/mol. The molecule has 1 aromatic carbocycles. The number of hydrogen-bond acceptors (Lipinski definition) is 3. The van der Waals surface area contributed by atoms with Gasteiger partial charge in [0.15, 0.2) is 0 Å². The second-order valence-corrected chi connectivity index (χ2v) is 6.91. The highest BCUT2D eigenvalue weighted by Crippen LogP contribution is 2.19. The van der Waals surface area contributed by atoms with Crippen LogP contribution in [0.3, 0.4) is 0 Å². The van der Waals surface area contributed by atoms with E-state index < -0.39 is 0 Å². The van der Waals surface area contributed by atoms with Gasteiger partial charge in [0.1, 0.15) is 12.4 Å². The number of benzene rings is 1. The second kappa shape index (κ2) is 9.06. The summed E-state index contributed by atoms with van der Waals surface area (Å²) in [4.78, 5) is 0. The lowest BCUT2D eigenvalue weighted by atomic mass is 9.93. The molecule has 0 aliphatic heterocycles. The van der Waals surface area contributed by atoms with Crippen LogP contribution >= 0.6 is 0 Å². The van der Waals surface area contributed by atoms with Crippen LogP contribution in [-0.2, 0) is 11.3 Å². The van der Waals surface area contributed by atoms with Crippen molar-refractivity contribution < 1.29 is 9.47 Å². The third kappa shape index (κ3) is 8.74. The normalized spacial score (nSPS) is 11.9. The second-order valence-electron chi connectivity index (χ2n) is 6.91. The van der Waals surface area contributed by atoms with Gasteiger partial charge in [-0.1, -0.05) is 52.8 Å². The summed E-state index contributed by atoms with van der Waals surface area (Å²) in [6.45, 7) is 13.8. The highest BCUT2D eigenvalue weighted by molar-refractivity contribution is 5.33. The summed E-state index contributed by atoms with van der Waals surface area (Å²) in [6.07, 6.45) is 1.07. The van der Waals surface area contributed by atoms with Crippen LogP contribution in [0.15, 0.2) is 24.3 Å². The Balaban J connectivity index is 2.28. The maximum atomic E-state index is 5.84. The molecular weight excluding hydrogens is 262 g/mol. The van der Waals surface area contributed by atoms with E-state index in [0.717, 1.165) is 25.3 Å². The highest BCUT2D eigenvalue weighted by atomic mass is 16.5. The molecule has 0 unspecified atom stereocenters. The summed E-state index contributed by atoms with van der Waals surface area (Å²) in [5, 5.41) is 3.42. The minimum atomic E-state index is 0.329. The van der Waals surface area contributed by atoms with Gasteiger partial charge in [-0.25, -0.2) is 0 Å². The van der Waals surface area contributed by atoms with Gasteiger partial charge in [-0.2, -0.15) is 0 Å². The molecule has 1 rings (SSSR count). The van der Waals surface area contributed by atoms with Crippen LogP contribution in [0.1, 0.15) is 46.6 Å². The summed E-state index contributed by atoms with van der Waals surface area (Å²) >= 11 is 0. The molecular formula is C18H31NO2. The molecule has 0 heterocycles. The molecule has 0 saturated carbocycles. The van der Waals surface area contributed by atoms with E-state index in [-0.39, 0.29) is 0 Å². The molecule has 21 heavy (non-hydrogen) atoms. The Morgan fingerprint density at radius 3 is 2.43 bits per heavy atom. The van der Waals surface area contributed by atoms with Crippen LogP contribution in [0.2, 0.25) is 0 Å². The van der Waals surface area contributed by atoms with Crippen molar-refractivity contribution in [2.24, 2.45) is 5.41 Å². The van der Waals surface area contributed by atoms with Crippen LogP contribution in [0.4, 0.5) is 0 Å². The van der Waals surface area contributed by atoms with Gasteiger partial charge >= 0.3 is 0 Å². The van der Waals surface area contributed by atoms with Crippen molar-refractivity contribution in [3.63, 3.8) is 0 Å². The highest BCUT2D eigenvalue weighted by Gasteiger charge is 2.09. The maximum absolute atomic E-state index is 5.84. The maximum Gasteiger partial charge on any atom is 0.123 e. The molecule has 3 heteroatoms. The Kier molecular flexibility index (Phi) is 7.76. The molecule has 3 nitrogen and oxygen atoms in total. The lowest BCUT2D eigenvalue weighted by Gasteiger charge is -2.18. The molecule has 0 saturated heterocycles. The molecule has 120 valence electrons. The van der Waals surface area contributed by atoms with E-state index in [9.17, 15) is 0 Å². The van der Waals surface area contributed by atoms with Gasteiger partial charge in [0.2, 0.25) is 0 Å². The summed E-state index contributed by atoms with van der Waals surface area (Å²) in [7, 11) is 0. The van der Waals surface area contributed by atoms with Crippen molar-refractivity contribution >= 4 is 0 Å². The van der Waals surface area contributed by atoms with Crippen molar-refractivity contribution in [1.82, 2.24) is 5.32 Å². The van der Waals surface area contributed by atoms with Gasteiger partial charge < -0.3 is 14.8 Å². The summed E-state index contributed by atoms with van der Waals surface area (Å²) in [6, 6.07) is 8.65. The SMILES string of the molecule is CC(C)NCc1ccccc1OCCOCCC(C)(C)C. The number of hydrogen-bond donors (Lipinski definition) is 1. The summed E-state index contributed by atoms with van der Waals surface area (Å²) in [5.41, 5.74) is 1.52. The van der Waals surface area contributed by atoms with Crippen LogP contribution in [0, 0.1) is 5.41 Å². The largest absolute Gasteiger partial charge is 0.491 e. The molecule has 1 aromatic rings. The van der Waals surface area contributed by atoms with Gasteiger partial charge in [-0.3, -0.25) is 0 Å². The predicted octanol–water partition coefficient (Wildman–Crippen LogP) is 4.02. The molecule has 0 aliphatic carbocycles. The van der Waals surface area contributed by atoms with Crippen LogP contribution in [-0.4, -0.2) is 25.9 Å². The molecule has 0 atom stereocenters. The first-order valence-corrected chi connectivity index (χ1v) is 7.90. The summed E-state index contributed by atoms with van der Waals surface area (Å²) < 4.78 is 11.5. The van der Waals surface area contributed by atoms with Crippen LogP contribution < -0.4 is 10.1 Å². The standard InChI is InChI=1S/C18H31NO2/c1-15(2)19-14-16-8-6-7-9-17(16)21-13-12-20-11-10-18(3,4)5/h6-9,15,19H,10-14H2,1-5H3. The quantitative estimate of drug-likeness (QED) is 0.698. The molecule has 0 amide bonds. The molecule has 0 aromatic heterocycles. The first-order chi connectivity index (χ1) is 9.88. The van der Waals surface area contributed by atoms with Crippen LogP contribution in [0.25, 0.3) is 0 Å². The average Bonchev–Trinajstić information content (AvgIpc) is 2.40. The Hall–Kier alpha value is -1.06. The lowest BCUT2D eigenvalue weighted by molar-refractivity contribution is 0.0816. The van der Waals surface area contributed by atoms with E-state index in [1.165, 1.54) is 5.56 Å². The van der Waals surface area contributed by atoms with E-state index in [4.69, 9.17) is 9.47 Å².